The second-order valence-electron chi connectivity index (χ2n) is 4.64. The van der Waals surface area contributed by atoms with E-state index in [9.17, 15) is 0 Å². The van der Waals surface area contributed by atoms with Gasteiger partial charge in [-0.15, -0.1) is 0 Å². The largest absolute Gasteiger partial charge is 0.384 e. The Balaban J connectivity index is 2.21. The van der Waals surface area contributed by atoms with Crippen molar-refractivity contribution >= 4 is 5.82 Å². The highest BCUT2D eigenvalue weighted by atomic mass is 15.1. The number of benzene rings is 1. The van der Waals surface area contributed by atoms with Crippen molar-refractivity contribution in [1.82, 2.24) is 9.55 Å². The Kier molecular flexibility index (Phi) is 4.03. The predicted octanol–water partition coefficient (Wildman–Crippen LogP) is 3.42. The van der Waals surface area contributed by atoms with Gasteiger partial charge in [0, 0.05) is 5.92 Å². The van der Waals surface area contributed by atoms with Gasteiger partial charge < -0.3 is 10.3 Å². The minimum absolute atomic E-state index is 0.474. The average molecular weight is 243 g/mol. The molecule has 0 radical (unpaired) electrons. The maximum Gasteiger partial charge on any atom is 0.127 e. The van der Waals surface area contributed by atoms with Gasteiger partial charge >= 0.3 is 0 Å². The number of hydrogen-bond donors (Lipinski definition) is 1. The Hall–Kier alpha value is -1.77. The third kappa shape index (κ3) is 2.55. The van der Waals surface area contributed by atoms with Crippen molar-refractivity contribution in [2.45, 2.75) is 39.2 Å². The summed E-state index contributed by atoms with van der Waals surface area (Å²) < 4.78 is 2.03. The van der Waals surface area contributed by atoms with Crippen LogP contribution in [0.4, 0.5) is 5.82 Å². The number of nitrogen functional groups attached to an aromatic ring is 1. The van der Waals surface area contributed by atoms with E-state index in [4.69, 9.17) is 5.73 Å². The van der Waals surface area contributed by atoms with Gasteiger partial charge in [0.2, 0.25) is 0 Å². The third-order valence-corrected chi connectivity index (χ3v) is 3.48. The highest BCUT2D eigenvalue weighted by molar-refractivity contribution is 5.39. The first-order valence-electron chi connectivity index (χ1n) is 6.60. The monoisotopic (exact) mass is 243 g/mol. The van der Waals surface area contributed by atoms with Crippen LogP contribution >= 0.6 is 0 Å². The molecular weight excluding hydrogens is 222 g/mol. The fourth-order valence-corrected chi connectivity index (χ4v) is 2.30. The van der Waals surface area contributed by atoms with Crippen LogP contribution in [0, 0.1) is 0 Å². The van der Waals surface area contributed by atoms with E-state index in [1.54, 1.807) is 0 Å². The number of nitrogens with zero attached hydrogens (tertiary/aromatic N) is 2. The highest BCUT2D eigenvalue weighted by Gasteiger charge is 2.15. The first-order chi connectivity index (χ1) is 8.76. The Morgan fingerprint density at radius 3 is 2.44 bits per heavy atom. The number of imidazole rings is 1. The molecule has 1 aromatic carbocycles. The third-order valence-electron chi connectivity index (χ3n) is 3.48. The molecule has 1 heterocycles. The fourth-order valence-electron chi connectivity index (χ4n) is 2.30. The molecule has 0 saturated heterocycles. The van der Waals surface area contributed by atoms with Crippen molar-refractivity contribution in [1.29, 1.82) is 0 Å². The molecule has 2 rings (SSSR count). The predicted molar refractivity (Wildman–Crippen MR) is 75.5 cm³/mol. The average Bonchev–Trinajstić information content (AvgIpc) is 2.75. The second-order valence-corrected chi connectivity index (χ2v) is 4.64. The summed E-state index contributed by atoms with van der Waals surface area (Å²) in [5, 5.41) is 0. The fraction of sp³-hybridized carbons (Fsp3) is 0.400. The molecule has 3 heteroatoms. The van der Waals surface area contributed by atoms with Crippen LogP contribution in [0.3, 0.4) is 0 Å². The van der Waals surface area contributed by atoms with Gasteiger partial charge in [-0.25, -0.2) is 4.98 Å². The summed E-state index contributed by atoms with van der Waals surface area (Å²) in [6.07, 6.45) is 4.03. The van der Waals surface area contributed by atoms with Crippen LogP contribution in [0.2, 0.25) is 0 Å². The van der Waals surface area contributed by atoms with E-state index in [2.05, 4.69) is 31.0 Å². The molecule has 0 aliphatic carbocycles. The number of nitrogens with two attached hydrogens (primary N) is 1. The van der Waals surface area contributed by atoms with Gasteiger partial charge in [0.25, 0.3) is 0 Å². The molecule has 2 N–H and O–H groups in total. The van der Waals surface area contributed by atoms with Gasteiger partial charge in [-0.05, 0) is 18.4 Å². The van der Waals surface area contributed by atoms with E-state index in [1.165, 1.54) is 5.56 Å². The van der Waals surface area contributed by atoms with Crippen molar-refractivity contribution in [2.75, 3.05) is 5.73 Å². The quantitative estimate of drug-likeness (QED) is 0.874. The lowest BCUT2D eigenvalue weighted by Crippen LogP contribution is -2.06. The van der Waals surface area contributed by atoms with Crippen LogP contribution in [-0.2, 0) is 6.54 Å². The van der Waals surface area contributed by atoms with E-state index in [0.29, 0.717) is 5.92 Å². The molecule has 3 nitrogen and oxygen atoms in total. The van der Waals surface area contributed by atoms with Crippen LogP contribution in [0.15, 0.2) is 36.7 Å². The molecule has 96 valence electrons. The molecule has 0 aliphatic heterocycles. The molecule has 0 aliphatic rings. The van der Waals surface area contributed by atoms with Crippen LogP contribution in [0.5, 0.6) is 0 Å². The molecule has 0 spiro atoms. The lowest BCUT2D eigenvalue weighted by atomic mass is 9.99. The molecule has 2 aromatic rings. The van der Waals surface area contributed by atoms with Crippen LogP contribution in [0.1, 0.15) is 43.9 Å². The number of rotatable bonds is 5. The molecule has 0 amide bonds. The normalized spacial score (nSPS) is 11.1. The summed E-state index contributed by atoms with van der Waals surface area (Å²) >= 11 is 0. The zero-order valence-electron chi connectivity index (χ0n) is 11.1. The Morgan fingerprint density at radius 2 is 1.83 bits per heavy atom. The first-order valence-corrected chi connectivity index (χ1v) is 6.60. The zero-order valence-corrected chi connectivity index (χ0v) is 11.1. The first kappa shape index (κ1) is 12.7. The van der Waals surface area contributed by atoms with Crippen molar-refractivity contribution in [2.24, 2.45) is 0 Å². The standard InChI is InChI=1S/C15H21N3/c1-3-13(4-2)14-15(16)18(11-17-14)10-12-8-6-5-7-9-12/h5-9,11,13H,3-4,10,16H2,1-2H3. The number of hydrogen-bond acceptors (Lipinski definition) is 2. The summed E-state index contributed by atoms with van der Waals surface area (Å²) in [5.41, 5.74) is 8.50. The maximum atomic E-state index is 6.20. The minimum atomic E-state index is 0.474. The topological polar surface area (TPSA) is 43.8 Å². The summed E-state index contributed by atoms with van der Waals surface area (Å²) in [6.45, 7) is 5.16. The SMILES string of the molecule is CCC(CC)c1ncn(Cc2ccccc2)c1N. The van der Waals surface area contributed by atoms with Gasteiger partial charge in [0.1, 0.15) is 5.82 Å². The van der Waals surface area contributed by atoms with Crippen LogP contribution in [0.25, 0.3) is 0 Å². The lowest BCUT2D eigenvalue weighted by molar-refractivity contribution is 0.628. The van der Waals surface area contributed by atoms with E-state index in [-0.39, 0.29) is 0 Å². The van der Waals surface area contributed by atoms with E-state index < -0.39 is 0 Å². The lowest BCUT2D eigenvalue weighted by Gasteiger charge is -2.11. The van der Waals surface area contributed by atoms with Gasteiger partial charge in [0.15, 0.2) is 0 Å². The van der Waals surface area contributed by atoms with Crippen LogP contribution in [-0.4, -0.2) is 9.55 Å². The minimum Gasteiger partial charge on any atom is -0.384 e. The van der Waals surface area contributed by atoms with Gasteiger partial charge in [0.05, 0.1) is 18.6 Å². The van der Waals surface area contributed by atoms with Crippen molar-refractivity contribution in [3.63, 3.8) is 0 Å². The van der Waals surface area contributed by atoms with Gasteiger partial charge in [-0.2, -0.15) is 0 Å². The molecule has 1 aromatic heterocycles. The molecule has 0 saturated carbocycles. The summed E-state index contributed by atoms with van der Waals surface area (Å²) in [4.78, 5) is 4.49. The number of anilines is 1. The number of aromatic nitrogens is 2. The summed E-state index contributed by atoms with van der Waals surface area (Å²) in [7, 11) is 0. The van der Waals surface area contributed by atoms with Crippen molar-refractivity contribution in [3.05, 3.63) is 47.9 Å². The van der Waals surface area contributed by atoms with Crippen molar-refractivity contribution < 1.29 is 0 Å². The van der Waals surface area contributed by atoms with Crippen LogP contribution < -0.4 is 5.73 Å². The molecule has 0 unspecified atom stereocenters. The maximum absolute atomic E-state index is 6.20. The molecule has 0 bridgehead atoms. The Morgan fingerprint density at radius 1 is 1.17 bits per heavy atom. The van der Waals surface area contributed by atoms with Gasteiger partial charge in [-0.1, -0.05) is 44.2 Å². The highest BCUT2D eigenvalue weighted by Crippen LogP contribution is 2.26. The Labute approximate surface area is 109 Å². The van der Waals surface area contributed by atoms with E-state index in [0.717, 1.165) is 30.9 Å². The summed E-state index contributed by atoms with van der Waals surface area (Å²) in [5.74, 6) is 1.29. The molecular formula is C15H21N3. The molecule has 0 atom stereocenters. The Bertz CT molecular complexity index is 484. The zero-order chi connectivity index (χ0) is 13.0. The molecule has 18 heavy (non-hydrogen) atoms. The van der Waals surface area contributed by atoms with E-state index >= 15 is 0 Å². The molecule has 0 fully saturated rings. The smallest absolute Gasteiger partial charge is 0.127 e. The van der Waals surface area contributed by atoms with E-state index in [1.807, 2.05) is 29.1 Å². The second kappa shape index (κ2) is 5.71. The van der Waals surface area contributed by atoms with Crippen molar-refractivity contribution in [3.8, 4) is 0 Å². The van der Waals surface area contributed by atoms with Gasteiger partial charge in [-0.3, -0.25) is 0 Å². The summed E-state index contributed by atoms with van der Waals surface area (Å²) in [6, 6.07) is 10.3.